The molecule has 1 saturated heterocycles. The summed E-state index contributed by atoms with van der Waals surface area (Å²) in [6.45, 7) is 8.70. The number of halogens is 2. The molecule has 1 fully saturated rings. The summed E-state index contributed by atoms with van der Waals surface area (Å²) in [4.78, 5) is 19.7. The average molecular weight is 370 g/mol. The Hall–Kier alpha value is -1.36. The predicted octanol–water partition coefficient (Wildman–Crippen LogP) is 3.64. The monoisotopic (exact) mass is 369 g/mol. The molecular formula is C18H25Cl2N3O. The zero-order valence-corrected chi connectivity index (χ0v) is 15.9. The van der Waals surface area contributed by atoms with E-state index in [1.54, 1.807) is 0 Å². The highest BCUT2D eigenvalue weighted by Crippen LogP contribution is 2.24. The predicted molar refractivity (Wildman–Crippen MR) is 104 cm³/mol. The van der Waals surface area contributed by atoms with Crippen molar-refractivity contribution in [3.05, 3.63) is 41.6 Å². The molecular weight excluding hydrogens is 345 g/mol. The molecule has 0 aliphatic carbocycles. The summed E-state index contributed by atoms with van der Waals surface area (Å²) in [6, 6.07) is 10.2. The van der Waals surface area contributed by atoms with Gasteiger partial charge in [0.2, 0.25) is 0 Å². The summed E-state index contributed by atoms with van der Waals surface area (Å²) in [5.41, 5.74) is 2.66. The Kier molecular flexibility index (Phi) is 7.46. The zero-order chi connectivity index (χ0) is 15.7. The number of pyridine rings is 1. The molecule has 132 valence electrons. The van der Waals surface area contributed by atoms with Gasteiger partial charge in [-0.3, -0.25) is 9.78 Å². The highest BCUT2D eigenvalue weighted by atomic mass is 35.5. The van der Waals surface area contributed by atoms with Gasteiger partial charge in [0, 0.05) is 36.8 Å². The molecule has 1 aromatic carbocycles. The molecule has 1 unspecified atom stereocenters. The van der Waals surface area contributed by atoms with E-state index in [0.29, 0.717) is 12.0 Å². The van der Waals surface area contributed by atoms with Crippen LogP contribution in [0.5, 0.6) is 0 Å². The van der Waals surface area contributed by atoms with Gasteiger partial charge in [0.15, 0.2) is 0 Å². The van der Waals surface area contributed by atoms with Gasteiger partial charge >= 0.3 is 0 Å². The smallest absolute Gasteiger partial charge is 0.254 e. The van der Waals surface area contributed by atoms with E-state index in [1.807, 2.05) is 35.2 Å². The number of aromatic nitrogens is 1. The van der Waals surface area contributed by atoms with Gasteiger partial charge in [-0.2, -0.15) is 0 Å². The Labute approximate surface area is 155 Å². The van der Waals surface area contributed by atoms with Gasteiger partial charge in [-0.15, -0.1) is 24.8 Å². The van der Waals surface area contributed by atoms with Gasteiger partial charge in [0.1, 0.15) is 0 Å². The number of carbonyl (C=O) groups is 1. The molecule has 24 heavy (non-hydrogen) atoms. The fraction of sp³-hybridized carbons (Fsp3) is 0.444. The third-order valence-corrected chi connectivity index (χ3v) is 4.21. The lowest BCUT2D eigenvalue weighted by Gasteiger charge is -2.32. The Morgan fingerprint density at radius 1 is 1.29 bits per heavy atom. The lowest BCUT2D eigenvalue weighted by molar-refractivity contribution is 0.0711. The van der Waals surface area contributed by atoms with Crippen molar-refractivity contribution in [3.8, 4) is 0 Å². The van der Waals surface area contributed by atoms with Crippen molar-refractivity contribution in [2.24, 2.45) is 0 Å². The van der Waals surface area contributed by atoms with E-state index in [-0.39, 0.29) is 30.7 Å². The number of hydrogen-bond acceptors (Lipinski definition) is 3. The molecule has 0 saturated carbocycles. The molecule has 2 aromatic rings. The van der Waals surface area contributed by atoms with E-state index < -0.39 is 0 Å². The highest BCUT2D eigenvalue weighted by molar-refractivity contribution is 6.06. The number of fused-ring (bicyclic) bond motifs is 1. The van der Waals surface area contributed by atoms with Crippen LogP contribution in [-0.4, -0.2) is 41.5 Å². The van der Waals surface area contributed by atoms with Crippen LogP contribution in [0.3, 0.4) is 0 Å². The minimum atomic E-state index is 0. The lowest BCUT2D eigenvalue weighted by Crippen LogP contribution is -2.51. The molecule has 1 aliphatic heterocycles. The first-order valence-electron chi connectivity index (χ1n) is 7.98. The summed E-state index contributed by atoms with van der Waals surface area (Å²) in [5, 5.41) is 4.33. The molecule has 6 heteroatoms. The quantitative estimate of drug-likeness (QED) is 0.878. The summed E-state index contributed by atoms with van der Waals surface area (Å²) in [7, 11) is 0. The van der Waals surface area contributed by atoms with Crippen LogP contribution < -0.4 is 5.32 Å². The summed E-state index contributed by atoms with van der Waals surface area (Å²) >= 11 is 0. The summed E-state index contributed by atoms with van der Waals surface area (Å²) in [6.07, 6.45) is 0. The fourth-order valence-corrected chi connectivity index (χ4v) is 2.96. The van der Waals surface area contributed by atoms with Crippen LogP contribution in [-0.2, 0) is 0 Å². The van der Waals surface area contributed by atoms with Crippen LogP contribution in [0.2, 0.25) is 0 Å². The molecule has 1 atom stereocenters. The number of amides is 1. The number of benzene rings is 1. The van der Waals surface area contributed by atoms with Crippen LogP contribution in [0.4, 0.5) is 0 Å². The highest BCUT2D eigenvalue weighted by Gasteiger charge is 2.24. The van der Waals surface area contributed by atoms with E-state index in [9.17, 15) is 4.79 Å². The SMILES string of the molecule is CC1CN(C(=O)c2cc(C(C)C)nc3ccccc23)CCN1.Cl.Cl. The van der Waals surface area contributed by atoms with Crippen LogP contribution in [0.25, 0.3) is 10.9 Å². The van der Waals surface area contributed by atoms with Crippen LogP contribution >= 0.6 is 24.8 Å². The first-order valence-corrected chi connectivity index (χ1v) is 7.98. The Balaban J connectivity index is 0.00000144. The lowest BCUT2D eigenvalue weighted by atomic mass is 10.0. The maximum Gasteiger partial charge on any atom is 0.254 e. The molecule has 1 amide bonds. The van der Waals surface area contributed by atoms with Gasteiger partial charge in [0.25, 0.3) is 5.91 Å². The second-order valence-electron chi connectivity index (χ2n) is 6.37. The second-order valence-corrected chi connectivity index (χ2v) is 6.37. The maximum absolute atomic E-state index is 13.0. The van der Waals surface area contributed by atoms with Crippen LogP contribution in [0, 0.1) is 0 Å². The first-order chi connectivity index (χ1) is 10.6. The van der Waals surface area contributed by atoms with E-state index in [2.05, 4.69) is 26.1 Å². The number of hydrogen-bond donors (Lipinski definition) is 1. The number of nitrogens with one attached hydrogen (secondary N) is 1. The van der Waals surface area contributed by atoms with Crippen molar-refractivity contribution in [2.45, 2.75) is 32.7 Å². The molecule has 0 spiro atoms. The van der Waals surface area contributed by atoms with Crippen molar-refractivity contribution in [2.75, 3.05) is 19.6 Å². The standard InChI is InChI=1S/C18H23N3O.2ClH/c1-12(2)17-10-15(14-6-4-5-7-16(14)20-17)18(22)21-9-8-19-13(3)11-21;;/h4-7,10,12-13,19H,8-9,11H2,1-3H3;2*1H. The van der Waals surface area contributed by atoms with Crippen molar-refractivity contribution in [1.29, 1.82) is 0 Å². The Bertz CT molecular complexity index is 706. The summed E-state index contributed by atoms with van der Waals surface area (Å²) < 4.78 is 0. The third-order valence-electron chi connectivity index (χ3n) is 4.21. The van der Waals surface area contributed by atoms with Crippen LogP contribution in [0.1, 0.15) is 42.7 Å². The summed E-state index contributed by atoms with van der Waals surface area (Å²) in [5.74, 6) is 0.423. The topological polar surface area (TPSA) is 45.2 Å². The number of piperazine rings is 1. The van der Waals surface area contributed by atoms with Crippen molar-refractivity contribution >= 4 is 41.6 Å². The number of rotatable bonds is 2. The molecule has 0 bridgehead atoms. The number of para-hydroxylation sites is 1. The molecule has 2 heterocycles. The fourth-order valence-electron chi connectivity index (χ4n) is 2.96. The van der Waals surface area contributed by atoms with Gasteiger partial charge in [-0.25, -0.2) is 0 Å². The molecule has 3 rings (SSSR count). The number of nitrogens with zero attached hydrogens (tertiary/aromatic N) is 2. The largest absolute Gasteiger partial charge is 0.336 e. The minimum absolute atomic E-state index is 0. The maximum atomic E-state index is 13.0. The second kappa shape index (κ2) is 8.65. The Morgan fingerprint density at radius 2 is 2.00 bits per heavy atom. The average Bonchev–Trinajstić information content (AvgIpc) is 2.53. The van der Waals surface area contributed by atoms with Crippen LogP contribution in [0.15, 0.2) is 30.3 Å². The first kappa shape index (κ1) is 20.7. The van der Waals surface area contributed by atoms with Gasteiger partial charge in [-0.05, 0) is 25.0 Å². The Morgan fingerprint density at radius 3 is 2.67 bits per heavy atom. The van der Waals surface area contributed by atoms with Crippen molar-refractivity contribution < 1.29 is 4.79 Å². The number of carbonyl (C=O) groups excluding carboxylic acids is 1. The van der Waals surface area contributed by atoms with E-state index >= 15 is 0 Å². The minimum Gasteiger partial charge on any atom is -0.336 e. The molecule has 0 radical (unpaired) electrons. The normalized spacial score (nSPS) is 17.3. The van der Waals surface area contributed by atoms with Gasteiger partial charge in [0.05, 0.1) is 11.1 Å². The van der Waals surface area contributed by atoms with E-state index in [4.69, 9.17) is 4.98 Å². The third kappa shape index (κ3) is 4.18. The molecule has 1 aromatic heterocycles. The van der Waals surface area contributed by atoms with Crippen molar-refractivity contribution in [3.63, 3.8) is 0 Å². The molecule has 1 aliphatic rings. The van der Waals surface area contributed by atoms with Gasteiger partial charge in [-0.1, -0.05) is 32.0 Å². The van der Waals surface area contributed by atoms with E-state index in [0.717, 1.165) is 41.8 Å². The molecule has 4 nitrogen and oxygen atoms in total. The van der Waals surface area contributed by atoms with Crippen molar-refractivity contribution in [1.82, 2.24) is 15.2 Å². The molecule has 1 N–H and O–H groups in total. The zero-order valence-electron chi connectivity index (χ0n) is 14.3. The van der Waals surface area contributed by atoms with Gasteiger partial charge < -0.3 is 10.2 Å². The van der Waals surface area contributed by atoms with E-state index in [1.165, 1.54) is 0 Å².